The Morgan fingerprint density at radius 2 is 0.702 bits per heavy atom. The fourth-order valence-electron chi connectivity index (χ4n) is 16.8. The van der Waals surface area contributed by atoms with Crippen molar-refractivity contribution in [2.75, 3.05) is 85.1 Å². The summed E-state index contributed by atoms with van der Waals surface area (Å²) in [6.07, 6.45) is 9.49. The van der Waals surface area contributed by atoms with Gasteiger partial charge in [0.05, 0.1) is 17.1 Å². The number of nitrogen functional groups attached to an aromatic ring is 3. The summed E-state index contributed by atoms with van der Waals surface area (Å²) in [4.78, 5) is 84.9. The topological polar surface area (TPSA) is 287 Å². The molecule has 3 aliphatic heterocycles. The smallest absolute Gasteiger partial charge is 0.255 e. The molecule has 7 aliphatic rings. The van der Waals surface area contributed by atoms with Crippen LogP contribution in [0.4, 0.5) is 51.2 Å². The molecule has 0 saturated carbocycles. The maximum atomic E-state index is 13.8. The number of nitrogens with zero attached hydrogens (tertiary/aromatic N) is 3. The fraction of sp³-hybridized carbons (Fsp3) is 0.140. The minimum Gasteiger partial charge on any atom is -0.507 e. The van der Waals surface area contributed by atoms with E-state index in [-0.39, 0.29) is 70.4 Å². The number of hydrogen-bond acceptors (Lipinski definition) is 12. The number of amides is 6. The van der Waals surface area contributed by atoms with Crippen molar-refractivity contribution in [3.8, 4) is 17.2 Å². The van der Waals surface area contributed by atoms with Crippen molar-refractivity contribution in [2.24, 2.45) is 0 Å². The van der Waals surface area contributed by atoms with Crippen LogP contribution in [0.5, 0.6) is 17.2 Å². The zero-order valence-corrected chi connectivity index (χ0v) is 63.6. The molecule has 12 aromatic carbocycles. The van der Waals surface area contributed by atoms with E-state index in [1.165, 1.54) is 0 Å². The number of phenols is 3. The third kappa shape index (κ3) is 13.7. The second-order valence-electron chi connectivity index (χ2n) is 29.6. The lowest BCUT2D eigenvalue weighted by atomic mass is 9.95. The van der Waals surface area contributed by atoms with Crippen molar-refractivity contribution in [1.82, 2.24) is 0 Å². The summed E-state index contributed by atoms with van der Waals surface area (Å²) in [5.74, 6) is 0.533. The summed E-state index contributed by atoms with van der Waals surface area (Å²) in [6.45, 7) is 1.37. The molecule has 114 heavy (non-hydrogen) atoms. The molecule has 3 unspecified atom stereocenters. The van der Waals surface area contributed by atoms with E-state index in [9.17, 15) is 44.1 Å². The minimum absolute atomic E-state index is 0.0225. The molecule has 21 heteroatoms. The van der Waals surface area contributed by atoms with Crippen LogP contribution in [0, 0.1) is 0 Å². The highest BCUT2D eigenvalue weighted by Gasteiger charge is 2.40. The summed E-state index contributed by atoms with van der Waals surface area (Å²) in [5.41, 5.74) is 37.8. The van der Waals surface area contributed by atoms with Gasteiger partial charge in [0, 0.05) is 183 Å². The van der Waals surface area contributed by atoms with Crippen LogP contribution >= 0.6 is 34.8 Å². The number of anilines is 9. The normalized spacial score (nSPS) is 16.2. The maximum Gasteiger partial charge on any atom is 0.255 e. The number of rotatable bonds is 12. The summed E-state index contributed by atoms with van der Waals surface area (Å²) < 4.78 is 0. The first-order valence-electron chi connectivity index (χ1n) is 37.4. The number of phenolic OH excluding ortho intramolecular Hbond substituents is 3. The van der Waals surface area contributed by atoms with Gasteiger partial charge in [0.25, 0.3) is 35.4 Å². The highest BCUT2D eigenvalue weighted by Crippen LogP contribution is 2.50. The predicted molar refractivity (Wildman–Crippen MR) is 457 cm³/mol. The molecule has 0 saturated heterocycles. The van der Waals surface area contributed by atoms with Crippen LogP contribution in [-0.2, 0) is 44.9 Å². The Morgan fingerprint density at radius 3 is 1.12 bits per heavy atom. The number of aromatic hydroxyl groups is 3. The largest absolute Gasteiger partial charge is 0.507 e. The van der Waals surface area contributed by atoms with Crippen molar-refractivity contribution < 1.29 is 44.1 Å². The predicted octanol–water partition coefficient (Wildman–Crippen LogP) is 17.4. The molecule has 0 fully saturated rings. The fourth-order valence-corrected chi connectivity index (χ4v) is 17.6. The first kappa shape index (κ1) is 73.7. The van der Waals surface area contributed by atoms with E-state index in [0.29, 0.717) is 148 Å². The second-order valence-corrected chi connectivity index (χ2v) is 30.5. The number of benzene rings is 12. The van der Waals surface area contributed by atoms with Gasteiger partial charge in [0.15, 0.2) is 0 Å². The lowest BCUT2D eigenvalue weighted by Gasteiger charge is -2.19. The van der Waals surface area contributed by atoms with E-state index >= 15 is 0 Å². The van der Waals surface area contributed by atoms with E-state index < -0.39 is 0 Å². The first-order valence-corrected chi connectivity index (χ1v) is 39.0. The molecule has 3 heterocycles. The Balaban J connectivity index is 0.000000124. The van der Waals surface area contributed by atoms with Gasteiger partial charge < -0.3 is 63.2 Å². The van der Waals surface area contributed by atoms with E-state index in [1.807, 2.05) is 158 Å². The van der Waals surface area contributed by atoms with E-state index in [1.54, 1.807) is 93.6 Å². The molecular formula is C93H74Cl3N9O9. The number of nitrogens with one attached hydrogen (secondary N) is 3. The molecule has 3 atom stereocenters. The SMILES string of the molecule is Nc1ccc(C(=O)Nc2ccc3c(c2)C=C(C(=O)N2CC(CCl)c4c2cc(O)c2ccccc42)C3)cc1.Nc1ccc(NC(=O)c2ccc3c(c2)C=C(C(=O)N2CC(CCl)c4c2cc(O)c2ccccc42)C3)cc1.Nc1cccc2c1CC(C(=O)Nc1ccc3c(c1)C=C(C(=O)N1CC(CCl)c4c1cc(O)c1ccccc41)C3)=C2. The Morgan fingerprint density at radius 1 is 0.351 bits per heavy atom. The van der Waals surface area contributed by atoms with Crippen LogP contribution in [0.25, 0.3) is 56.6 Å². The van der Waals surface area contributed by atoms with Crippen LogP contribution in [0.3, 0.4) is 0 Å². The number of fused-ring (bicyclic) bond motifs is 13. The number of carbonyl (C=O) groups excluding carboxylic acids is 6. The van der Waals surface area contributed by atoms with Gasteiger partial charge in [-0.3, -0.25) is 28.8 Å². The van der Waals surface area contributed by atoms with Crippen molar-refractivity contribution in [3.63, 3.8) is 0 Å². The third-order valence-electron chi connectivity index (χ3n) is 22.5. The minimum atomic E-state index is -0.235. The van der Waals surface area contributed by atoms with Crippen LogP contribution in [0.1, 0.15) is 99.7 Å². The molecule has 0 aromatic heterocycles. The Kier molecular flexibility index (Phi) is 19.5. The Bertz CT molecular complexity index is 6230. The standard InChI is InChI=1S/C33H26ClN3O3.2C30H24ClN3O3/c34-16-23-17-37(29-15-30(38)25-5-1-2-6-26(25)31(23)29)33(40)22-10-18-8-9-24(13-20(18)12-22)36-32(39)21-11-19-4-3-7-28(35)27(19)14-21;31-15-21-16-34(26-14-27(35)24-3-1-2-4-25(24)28(21)26)30(37)20-11-18-7-10-23(13-19(18)12-20)33-29(36)17-5-8-22(32)9-6-17;31-15-21-16-34(26-14-27(35)24-3-1-2-4-25(24)28(21)26)30(37)20-11-17-5-6-18(12-19(17)13-20)29(36)33-23-9-7-22(32)8-10-23/h1-9,11-13,15,23,38H,10,14,16-17,35H2,(H,36,39);2*1-10,12-14,21,35H,11,15-16,32H2,(H,33,36). The average molecular weight is 1570 g/mol. The quantitative estimate of drug-likeness (QED) is 0.0408. The molecule has 12 aromatic rings. The molecule has 0 spiro atoms. The average Bonchev–Trinajstić information content (AvgIpc) is 1.59. The summed E-state index contributed by atoms with van der Waals surface area (Å²) >= 11 is 19.0. The number of hydrogen-bond donors (Lipinski definition) is 9. The highest BCUT2D eigenvalue weighted by atomic mass is 35.5. The summed E-state index contributed by atoms with van der Waals surface area (Å²) in [5, 5.41) is 45.9. The molecule has 18 nitrogen and oxygen atoms in total. The van der Waals surface area contributed by atoms with E-state index in [4.69, 9.17) is 52.0 Å². The van der Waals surface area contributed by atoms with Crippen molar-refractivity contribution in [2.45, 2.75) is 43.4 Å². The molecular weight excluding hydrogens is 1490 g/mol. The van der Waals surface area contributed by atoms with E-state index in [2.05, 4.69) is 16.0 Å². The number of alkyl halides is 3. The number of halogens is 3. The van der Waals surface area contributed by atoms with Crippen LogP contribution in [0.2, 0.25) is 0 Å². The molecule has 19 rings (SSSR count). The maximum absolute atomic E-state index is 13.8. The van der Waals surface area contributed by atoms with Gasteiger partial charge in [-0.2, -0.15) is 0 Å². The van der Waals surface area contributed by atoms with Gasteiger partial charge in [-0.05, 0) is 193 Å². The highest BCUT2D eigenvalue weighted by molar-refractivity contribution is 6.22. The Hall–Kier alpha value is -13.1. The molecule has 4 aliphatic carbocycles. The molecule has 566 valence electrons. The number of nitrogens with two attached hydrogens (primary N) is 3. The molecule has 0 bridgehead atoms. The van der Waals surface area contributed by atoms with Crippen LogP contribution < -0.4 is 47.9 Å². The van der Waals surface area contributed by atoms with Gasteiger partial charge in [-0.15, -0.1) is 34.8 Å². The van der Waals surface area contributed by atoms with Crippen molar-refractivity contribution in [1.29, 1.82) is 0 Å². The second kappa shape index (κ2) is 30.2. The zero-order chi connectivity index (χ0) is 78.9. The van der Waals surface area contributed by atoms with Gasteiger partial charge >= 0.3 is 0 Å². The molecule has 0 radical (unpaired) electrons. The zero-order valence-electron chi connectivity index (χ0n) is 61.3. The molecule has 12 N–H and O–H groups in total. The lowest BCUT2D eigenvalue weighted by molar-refractivity contribution is -0.115. The number of carbonyl (C=O) groups is 6. The van der Waals surface area contributed by atoms with Gasteiger partial charge in [0.1, 0.15) is 17.2 Å². The van der Waals surface area contributed by atoms with E-state index in [0.717, 1.165) is 93.5 Å². The van der Waals surface area contributed by atoms with Crippen LogP contribution in [-0.4, -0.2) is 88.0 Å². The van der Waals surface area contributed by atoms with Gasteiger partial charge in [0.2, 0.25) is 0 Å². The molecule has 6 amide bonds. The van der Waals surface area contributed by atoms with Crippen molar-refractivity contribution >= 4 is 178 Å². The van der Waals surface area contributed by atoms with Gasteiger partial charge in [-0.25, -0.2) is 0 Å². The third-order valence-corrected chi connectivity index (χ3v) is 23.6. The van der Waals surface area contributed by atoms with Gasteiger partial charge in [-0.1, -0.05) is 103 Å². The van der Waals surface area contributed by atoms with Crippen LogP contribution in [0.15, 0.2) is 235 Å². The first-order chi connectivity index (χ1) is 55.3. The monoisotopic (exact) mass is 1570 g/mol. The van der Waals surface area contributed by atoms with Crippen molar-refractivity contribution in [3.05, 3.63) is 307 Å². The summed E-state index contributed by atoms with van der Waals surface area (Å²) in [6, 6.07) is 64.2. The lowest BCUT2D eigenvalue weighted by Crippen LogP contribution is -2.31. The Labute approximate surface area is 670 Å². The summed E-state index contributed by atoms with van der Waals surface area (Å²) in [7, 11) is 0.